The van der Waals surface area contributed by atoms with E-state index in [0.717, 1.165) is 21.9 Å². The van der Waals surface area contributed by atoms with Gasteiger partial charge < -0.3 is 10.2 Å². The van der Waals surface area contributed by atoms with Crippen molar-refractivity contribution in [3.8, 4) is 0 Å². The molecule has 2 amide bonds. The van der Waals surface area contributed by atoms with E-state index < -0.39 is 28.5 Å². The van der Waals surface area contributed by atoms with Gasteiger partial charge in [-0.2, -0.15) is 0 Å². The number of amides is 2. The van der Waals surface area contributed by atoms with Gasteiger partial charge in [0.1, 0.15) is 12.6 Å². The molecular formula is C29H33Cl2N3O4S. The first-order valence-electron chi connectivity index (χ1n) is 12.7. The molecule has 208 valence electrons. The van der Waals surface area contributed by atoms with Crippen molar-refractivity contribution in [1.29, 1.82) is 0 Å². The van der Waals surface area contributed by atoms with Crippen LogP contribution in [0.5, 0.6) is 0 Å². The van der Waals surface area contributed by atoms with Crippen molar-refractivity contribution in [2.24, 2.45) is 0 Å². The van der Waals surface area contributed by atoms with Crippen LogP contribution in [0.1, 0.15) is 37.8 Å². The Balaban J connectivity index is 2.04. The van der Waals surface area contributed by atoms with Gasteiger partial charge in [-0.05, 0) is 67.8 Å². The lowest BCUT2D eigenvalue weighted by Gasteiger charge is -2.33. The van der Waals surface area contributed by atoms with E-state index in [2.05, 4.69) is 5.32 Å². The molecule has 3 aromatic rings. The molecule has 0 aromatic heterocycles. The molecule has 7 nitrogen and oxygen atoms in total. The molecule has 0 spiro atoms. The molecular weight excluding hydrogens is 557 g/mol. The van der Waals surface area contributed by atoms with E-state index >= 15 is 0 Å². The third kappa shape index (κ3) is 7.97. The normalized spacial score (nSPS) is 12.0. The van der Waals surface area contributed by atoms with Crippen molar-refractivity contribution < 1.29 is 18.0 Å². The van der Waals surface area contributed by atoms with Gasteiger partial charge >= 0.3 is 0 Å². The van der Waals surface area contributed by atoms with E-state index in [1.54, 1.807) is 18.2 Å². The first-order chi connectivity index (χ1) is 18.6. The first-order valence-corrected chi connectivity index (χ1v) is 14.9. The molecule has 0 aliphatic rings. The maximum Gasteiger partial charge on any atom is 0.264 e. The Kier molecular flexibility index (Phi) is 10.8. The zero-order valence-electron chi connectivity index (χ0n) is 22.2. The van der Waals surface area contributed by atoms with Gasteiger partial charge in [0.05, 0.1) is 10.6 Å². The van der Waals surface area contributed by atoms with Crippen molar-refractivity contribution in [3.05, 3.63) is 94.0 Å². The number of aryl methyl sites for hydroxylation is 1. The number of nitrogens with zero attached hydrogens (tertiary/aromatic N) is 2. The van der Waals surface area contributed by atoms with Crippen LogP contribution < -0.4 is 9.62 Å². The lowest BCUT2D eigenvalue weighted by atomic mass is 10.1. The monoisotopic (exact) mass is 589 g/mol. The smallest absolute Gasteiger partial charge is 0.264 e. The molecule has 39 heavy (non-hydrogen) atoms. The quantitative estimate of drug-likeness (QED) is 0.288. The van der Waals surface area contributed by atoms with Gasteiger partial charge in [0.15, 0.2) is 0 Å². The summed E-state index contributed by atoms with van der Waals surface area (Å²) in [7, 11) is -4.19. The molecule has 0 saturated carbocycles. The number of hydrogen-bond donors (Lipinski definition) is 1. The van der Waals surface area contributed by atoms with E-state index in [1.165, 1.54) is 35.2 Å². The zero-order chi connectivity index (χ0) is 28.6. The van der Waals surface area contributed by atoms with Crippen molar-refractivity contribution in [2.75, 3.05) is 17.4 Å². The molecule has 0 bridgehead atoms. The van der Waals surface area contributed by atoms with Crippen LogP contribution in [0, 0.1) is 6.92 Å². The predicted molar refractivity (Wildman–Crippen MR) is 157 cm³/mol. The molecule has 0 aliphatic heterocycles. The summed E-state index contributed by atoms with van der Waals surface area (Å²) in [4.78, 5) is 28.5. The Bertz CT molecular complexity index is 1380. The van der Waals surface area contributed by atoms with Gasteiger partial charge in [-0.25, -0.2) is 8.42 Å². The van der Waals surface area contributed by atoms with Crippen molar-refractivity contribution in [2.45, 2.75) is 51.1 Å². The summed E-state index contributed by atoms with van der Waals surface area (Å²) in [6, 6.07) is 18.9. The standard InChI is InChI=1S/C29H33Cl2N3O4S/c1-4-17-32-29(36)27(5-2)33(19-22-11-9-21(3)10-12-22)28(35)20-34(25-8-6-7-24(31)18-25)39(37,38)26-15-13-23(30)14-16-26/h6-16,18,27H,4-5,17,19-20H2,1-3H3,(H,32,36). The fourth-order valence-corrected chi connectivity index (χ4v) is 5.79. The molecule has 1 N–H and O–H groups in total. The highest BCUT2D eigenvalue weighted by Crippen LogP contribution is 2.27. The third-order valence-corrected chi connectivity index (χ3v) is 8.46. The second kappa shape index (κ2) is 13.8. The number of benzene rings is 3. The SMILES string of the molecule is CCCNC(=O)C(CC)N(Cc1ccc(C)cc1)C(=O)CN(c1cccc(Cl)c1)S(=O)(=O)c1ccc(Cl)cc1. The fraction of sp³-hybridized carbons (Fsp3) is 0.310. The maximum absolute atomic E-state index is 14.0. The highest BCUT2D eigenvalue weighted by atomic mass is 35.5. The first kappa shape index (κ1) is 30.5. The minimum absolute atomic E-state index is 0.0301. The second-order valence-corrected chi connectivity index (χ2v) is 11.9. The van der Waals surface area contributed by atoms with Crippen molar-refractivity contribution >= 4 is 50.7 Å². The molecule has 10 heteroatoms. The topological polar surface area (TPSA) is 86.8 Å². The Morgan fingerprint density at radius 2 is 1.59 bits per heavy atom. The fourth-order valence-electron chi connectivity index (χ4n) is 4.07. The summed E-state index contributed by atoms with van der Waals surface area (Å²) in [6.45, 7) is 5.81. The van der Waals surface area contributed by atoms with Crippen LogP contribution >= 0.6 is 23.2 Å². The summed E-state index contributed by atoms with van der Waals surface area (Å²) in [5.41, 5.74) is 2.11. The molecule has 0 aliphatic carbocycles. The minimum atomic E-state index is -4.19. The number of halogens is 2. The van der Waals surface area contributed by atoms with Crippen LogP contribution in [0.3, 0.4) is 0 Å². The summed E-state index contributed by atoms with van der Waals surface area (Å²) in [5.74, 6) is -0.804. The molecule has 1 atom stereocenters. The van der Waals surface area contributed by atoms with Crippen LogP contribution in [0.15, 0.2) is 77.7 Å². The van der Waals surface area contributed by atoms with Gasteiger partial charge in [-0.1, -0.05) is 72.9 Å². The van der Waals surface area contributed by atoms with E-state index in [0.29, 0.717) is 23.0 Å². The number of carbonyl (C=O) groups excluding carboxylic acids is 2. The van der Waals surface area contributed by atoms with Crippen LogP contribution in [0.25, 0.3) is 0 Å². The Morgan fingerprint density at radius 1 is 0.923 bits per heavy atom. The minimum Gasteiger partial charge on any atom is -0.354 e. The largest absolute Gasteiger partial charge is 0.354 e. The highest BCUT2D eigenvalue weighted by Gasteiger charge is 2.33. The summed E-state index contributed by atoms with van der Waals surface area (Å²) in [5, 5.41) is 3.57. The second-order valence-electron chi connectivity index (χ2n) is 9.17. The highest BCUT2D eigenvalue weighted by molar-refractivity contribution is 7.92. The van der Waals surface area contributed by atoms with E-state index in [-0.39, 0.29) is 23.0 Å². The lowest BCUT2D eigenvalue weighted by Crippen LogP contribution is -2.52. The predicted octanol–water partition coefficient (Wildman–Crippen LogP) is 5.83. The van der Waals surface area contributed by atoms with Crippen LogP contribution in [0.4, 0.5) is 5.69 Å². The Morgan fingerprint density at radius 3 is 2.18 bits per heavy atom. The van der Waals surface area contributed by atoms with Crippen molar-refractivity contribution in [1.82, 2.24) is 10.2 Å². The number of anilines is 1. The molecule has 3 aromatic carbocycles. The van der Waals surface area contributed by atoms with Gasteiger partial charge in [0, 0.05) is 23.1 Å². The molecule has 0 fully saturated rings. The van der Waals surface area contributed by atoms with Crippen LogP contribution in [0.2, 0.25) is 10.0 Å². The summed E-state index contributed by atoms with van der Waals surface area (Å²) >= 11 is 12.2. The molecule has 0 heterocycles. The van der Waals surface area contributed by atoms with Gasteiger partial charge in [-0.3, -0.25) is 13.9 Å². The number of sulfonamides is 1. The maximum atomic E-state index is 14.0. The molecule has 0 radical (unpaired) electrons. The zero-order valence-corrected chi connectivity index (χ0v) is 24.6. The lowest BCUT2D eigenvalue weighted by molar-refractivity contribution is -0.140. The summed E-state index contributed by atoms with van der Waals surface area (Å²) in [6.07, 6.45) is 1.10. The van der Waals surface area contributed by atoms with Gasteiger partial charge in [0.2, 0.25) is 11.8 Å². The molecule has 1 unspecified atom stereocenters. The molecule has 3 rings (SSSR count). The third-order valence-electron chi connectivity index (χ3n) is 6.19. The average molecular weight is 591 g/mol. The van der Waals surface area contributed by atoms with Gasteiger partial charge in [0.25, 0.3) is 10.0 Å². The van der Waals surface area contributed by atoms with Crippen LogP contribution in [-0.4, -0.2) is 44.3 Å². The van der Waals surface area contributed by atoms with Crippen LogP contribution in [-0.2, 0) is 26.2 Å². The van der Waals surface area contributed by atoms with Crippen molar-refractivity contribution in [3.63, 3.8) is 0 Å². The number of carbonyl (C=O) groups is 2. The number of nitrogens with one attached hydrogen (secondary N) is 1. The Hall–Kier alpha value is -3.07. The Labute approximate surface area is 240 Å². The summed E-state index contributed by atoms with van der Waals surface area (Å²) < 4.78 is 28.6. The van der Waals surface area contributed by atoms with Gasteiger partial charge in [-0.15, -0.1) is 0 Å². The molecule has 0 saturated heterocycles. The number of hydrogen-bond acceptors (Lipinski definition) is 4. The van der Waals surface area contributed by atoms with E-state index in [1.807, 2.05) is 45.0 Å². The van der Waals surface area contributed by atoms with E-state index in [4.69, 9.17) is 23.2 Å². The average Bonchev–Trinajstić information content (AvgIpc) is 2.91. The van der Waals surface area contributed by atoms with E-state index in [9.17, 15) is 18.0 Å². The number of rotatable bonds is 12.